The lowest BCUT2D eigenvalue weighted by molar-refractivity contribution is -0.657. The predicted octanol–water partition coefficient (Wildman–Crippen LogP) is 5.32. The Morgan fingerprint density at radius 3 is 2.46 bits per heavy atom. The van der Waals surface area contributed by atoms with Crippen molar-refractivity contribution in [1.29, 1.82) is 0 Å². The number of ether oxygens (including phenoxy) is 3. The summed E-state index contributed by atoms with van der Waals surface area (Å²) >= 11 is 1.42. The van der Waals surface area contributed by atoms with Gasteiger partial charge in [-0.2, -0.15) is 4.57 Å². The van der Waals surface area contributed by atoms with Crippen LogP contribution in [0.25, 0.3) is 21.1 Å². The number of carbonyl (C=O) groups excluding carboxylic acids is 1. The Labute approximate surface area is 206 Å². The molecule has 0 saturated heterocycles. The highest BCUT2D eigenvalue weighted by atomic mass is 32.1. The Morgan fingerprint density at radius 2 is 1.71 bits per heavy atom. The SMILES string of the molecule is COc1cc2c(Oc3cc4sc(N)nc4cc3C)cc[n+](CC(=O)c3ccccc3)c2cc1OC. The normalized spacial score (nSPS) is 11.1. The van der Waals surface area contributed by atoms with Gasteiger partial charge in [0.15, 0.2) is 22.8 Å². The molecular formula is C27H24N3O4S+. The number of Topliss-reactive ketones (excluding diaryl/α,β-unsaturated/α-hetero) is 1. The van der Waals surface area contributed by atoms with E-state index < -0.39 is 0 Å². The highest BCUT2D eigenvalue weighted by Crippen LogP contribution is 2.38. The maximum Gasteiger partial charge on any atom is 0.227 e. The van der Waals surface area contributed by atoms with Crippen molar-refractivity contribution in [2.75, 3.05) is 20.0 Å². The molecule has 7 nitrogen and oxygen atoms in total. The number of pyridine rings is 1. The first-order valence-corrected chi connectivity index (χ1v) is 11.8. The van der Waals surface area contributed by atoms with Crippen LogP contribution in [0.2, 0.25) is 0 Å². The number of aryl methyl sites for hydroxylation is 1. The van der Waals surface area contributed by atoms with Crippen LogP contribution in [0.1, 0.15) is 15.9 Å². The quantitative estimate of drug-likeness (QED) is 0.247. The van der Waals surface area contributed by atoms with Gasteiger partial charge in [-0.3, -0.25) is 4.79 Å². The summed E-state index contributed by atoms with van der Waals surface area (Å²) in [5, 5.41) is 1.30. The fraction of sp³-hybridized carbons (Fsp3) is 0.148. The van der Waals surface area contributed by atoms with E-state index in [0.717, 1.165) is 26.7 Å². The Hall–Kier alpha value is -4.17. The van der Waals surface area contributed by atoms with Crippen molar-refractivity contribution in [2.45, 2.75) is 13.5 Å². The van der Waals surface area contributed by atoms with E-state index in [1.54, 1.807) is 14.2 Å². The van der Waals surface area contributed by atoms with Crippen molar-refractivity contribution in [3.8, 4) is 23.0 Å². The Kier molecular flexibility index (Phi) is 5.96. The first-order valence-electron chi connectivity index (χ1n) is 11.0. The third kappa shape index (κ3) is 4.36. The summed E-state index contributed by atoms with van der Waals surface area (Å²) in [5.41, 5.74) is 9.11. The van der Waals surface area contributed by atoms with Crippen LogP contribution in [0.3, 0.4) is 0 Å². The summed E-state index contributed by atoms with van der Waals surface area (Å²) in [6.45, 7) is 2.14. The van der Waals surface area contributed by atoms with Crippen LogP contribution in [0.5, 0.6) is 23.0 Å². The summed E-state index contributed by atoms with van der Waals surface area (Å²) in [6, 6.07) is 18.7. The number of nitrogens with two attached hydrogens (primary N) is 1. The minimum absolute atomic E-state index is 0.00411. The predicted molar refractivity (Wildman–Crippen MR) is 137 cm³/mol. The van der Waals surface area contributed by atoms with Crippen LogP contribution in [0.15, 0.2) is 66.9 Å². The molecule has 2 N–H and O–H groups in total. The van der Waals surface area contributed by atoms with E-state index in [-0.39, 0.29) is 12.3 Å². The molecule has 0 amide bonds. The zero-order valence-electron chi connectivity index (χ0n) is 19.6. The summed E-state index contributed by atoms with van der Waals surface area (Å²) in [5.74, 6) is 2.47. The van der Waals surface area contributed by atoms with E-state index in [1.807, 2.05) is 78.4 Å². The summed E-state index contributed by atoms with van der Waals surface area (Å²) in [4.78, 5) is 17.3. The molecule has 0 aliphatic carbocycles. The largest absolute Gasteiger partial charge is 0.493 e. The third-order valence-corrected chi connectivity index (χ3v) is 6.66. The van der Waals surface area contributed by atoms with Crippen molar-refractivity contribution in [2.24, 2.45) is 0 Å². The van der Waals surface area contributed by atoms with Crippen LogP contribution in [0.4, 0.5) is 5.13 Å². The van der Waals surface area contributed by atoms with Crippen LogP contribution in [0, 0.1) is 6.92 Å². The lowest BCUT2D eigenvalue weighted by Gasteiger charge is -2.13. The molecule has 2 heterocycles. The van der Waals surface area contributed by atoms with E-state index in [9.17, 15) is 4.79 Å². The number of thiazole rings is 1. The van der Waals surface area contributed by atoms with E-state index >= 15 is 0 Å². The molecule has 0 radical (unpaired) electrons. The number of rotatable bonds is 7. The molecular weight excluding hydrogens is 462 g/mol. The first-order chi connectivity index (χ1) is 17.0. The molecule has 5 rings (SSSR count). The van der Waals surface area contributed by atoms with Gasteiger partial charge in [0.05, 0.1) is 35.9 Å². The number of anilines is 1. The molecule has 0 unspecified atom stereocenters. The highest BCUT2D eigenvalue weighted by Gasteiger charge is 2.22. The van der Waals surface area contributed by atoms with E-state index in [0.29, 0.717) is 33.7 Å². The van der Waals surface area contributed by atoms with E-state index in [2.05, 4.69) is 4.98 Å². The van der Waals surface area contributed by atoms with Gasteiger partial charge in [-0.15, -0.1) is 0 Å². The molecule has 35 heavy (non-hydrogen) atoms. The zero-order valence-corrected chi connectivity index (χ0v) is 20.4. The number of hydrogen-bond donors (Lipinski definition) is 1. The fourth-order valence-electron chi connectivity index (χ4n) is 4.03. The Balaban J connectivity index is 1.61. The second-order valence-electron chi connectivity index (χ2n) is 8.06. The van der Waals surface area contributed by atoms with Gasteiger partial charge in [0.25, 0.3) is 0 Å². The molecule has 0 aliphatic heterocycles. The maximum absolute atomic E-state index is 13.0. The molecule has 176 valence electrons. The van der Waals surface area contributed by atoms with Crippen molar-refractivity contribution in [3.05, 3.63) is 78.0 Å². The van der Waals surface area contributed by atoms with Crippen molar-refractivity contribution in [1.82, 2.24) is 4.98 Å². The van der Waals surface area contributed by atoms with Crippen molar-refractivity contribution < 1.29 is 23.6 Å². The summed E-state index contributed by atoms with van der Waals surface area (Å²) in [7, 11) is 3.18. The minimum Gasteiger partial charge on any atom is -0.493 e. The number of hydrogen-bond acceptors (Lipinski definition) is 7. The number of ketones is 1. The molecule has 0 saturated carbocycles. The van der Waals surface area contributed by atoms with Crippen LogP contribution in [-0.2, 0) is 6.54 Å². The molecule has 0 aliphatic rings. The average molecular weight is 487 g/mol. The lowest BCUT2D eigenvalue weighted by Crippen LogP contribution is -2.38. The number of carbonyl (C=O) groups is 1. The standard InChI is InChI=1S/C27H24N3O4S/c1-16-11-19-26(35-27(28)29-19)14-23(16)34-22-9-10-30(15-21(31)17-7-5-4-6-8-17)20-13-25(33-3)24(32-2)12-18(20)22/h4-14H,15H2,1-3H3,(H2,28,29)/q+1. The minimum atomic E-state index is 0.00411. The van der Waals surface area contributed by atoms with Gasteiger partial charge in [0.2, 0.25) is 17.8 Å². The van der Waals surface area contributed by atoms with Crippen LogP contribution in [-0.4, -0.2) is 25.0 Å². The fourth-order valence-corrected chi connectivity index (χ4v) is 4.78. The summed E-state index contributed by atoms with van der Waals surface area (Å²) in [6.07, 6.45) is 1.85. The maximum atomic E-state index is 13.0. The molecule has 0 spiro atoms. The highest BCUT2D eigenvalue weighted by molar-refractivity contribution is 7.22. The average Bonchev–Trinajstić information content (AvgIpc) is 3.23. The monoisotopic (exact) mass is 486 g/mol. The first kappa shape index (κ1) is 22.6. The molecule has 5 aromatic rings. The molecule has 3 aromatic carbocycles. The second-order valence-corrected chi connectivity index (χ2v) is 9.12. The molecule has 0 fully saturated rings. The van der Waals surface area contributed by atoms with Crippen molar-refractivity contribution in [3.63, 3.8) is 0 Å². The summed E-state index contributed by atoms with van der Waals surface area (Å²) < 4.78 is 20.3. The van der Waals surface area contributed by atoms with Gasteiger partial charge in [-0.05, 0) is 18.6 Å². The molecule has 2 aromatic heterocycles. The van der Waals surface area contributed by atoms with Gasteiger partial charge in [-0.1, -0.05) is 41.7 Å². The molecule has 0 atom stereocenters. The number of benzene rings is 3. The van der Waals surface area contributed by atoms with Crippen LogP contribution < -0.4 is 24.5 Å². The van der Waals surface area contributed by atoms with Gasteiger partial charge in [-0.25, -0.2) is 4.98 Å². The number of methoxy groups -OCH3 is 2. The topological polar surface area (TPSA) is 87.6 Å². The second kappa shape index (κ2) is 9.23. The Morgan fingerprint density at radius 1 is 0.971 bits per heavy atom. The third-order valence-electron chi connectivity index (χ3n) is 5.81. The van der Waals surface area contributed by atoms with Gasteiger partial charge in [0, 0.05) is 23.8 Å². The molecule has 0 bridgehead atoms. The van der Waals surface area contributed by atoms with Crippen molar-refractivity contribution >= 4 is 43.4 Å². The number of aromatic nitrogens is 2. The number of fused-ring (bicyclic) bond motifs is 2. The zero-order chi connectivity index (χ0) is 24.5. The smallest absolute Gasteiger partial charge is 0.227 e. The van der Waals surface area contributed by atoms with E-state index in [1.165, 1.54) is 11.3 Å². The lowest BCUT2D eigenvalue weighted by atomic mass is 10.1. The molecule has 8 heteroatoms. The number of nitrogens with zero attached hydrogens (tertiary/aromatic N) is 2. The Bertz CT molecular complexity index is 1560. The number of nitrogen functional groups attached to an aromatic ring is 1. The van der Waals surface area contributed by atoms with Gasteiger partial charge >= 0.3 is 0 Å². The van der Waals surface area contributed by atoms with E-state index in [4.69, 9.17) is 19.9 Å². The van der Waals surface area contributed by atoms with Gasteiger partial charge in [0.1, 0.15) is 11.5 Å². The van der Waals surface area contributed by atoms with Gasteiger partial charge < -0.3 is 19.9 Å². The van der Waals surface area contributed by atoms with Crippen LogP contribution >= 0.6 is 11.3 Å².